The van der Waals surface area contributed by atoms with Crippen molar-refractivity contribution in [3.8, 4) is 11.5 Å². The summed E-state index contributed by atoms with van der Waals surface area (Å²) in [5.41, 5.74) is 23.2. The van der Waals surface area contributed by atoms with Crippen LogP contribution in [0.2, 0.25) is 0 Å². The number of non-ortho nitro benzene ring substituents is 1. The van der Waals surface area contributed by atoms with E-state index >= 15 is 14.4 Å². The highest BCUT2D eigenvalue weighted by molar-refractivity contribution is 6.00. The van der Waals surface area contributed by atoms with Gasteiger partial charge < -0.3 is 94.9 Å². The van der Waals surface area contributed by atoms with Gasteiger partial charge in [0.15, 0.2) is 5.96 Å². The molecule has 0 radical (unpaired) electrons. The van der Waals surface area contributed by atoms with Gasteiger partial charge in [-0.05, 0) is 85.6 Å². The Labute approximate surface area is 650 Å². The number of imidazole rings is 2. The molecule has 0 bridgehead atoms. The highest BCUT2D eigenvalue weighted by Crippen LogP contribution is 2.35. The quantitative estimate of drug-likeness (QED) is 0.00493. The summed E-state index contributed by atoms with van der Waals surface area (Å²) in [5.74, 6) is -13.8. The molecule has 39 nitrogen and oxygen atoms in total. The zero-order chi connectivity index (χ0) is 83.2. The number of amides is 9. The second-order valence-corrected chi connectivity index (χ2v) is 28.3. The number of aromatic nitrogens is 4. The molecule has 3 aromatic carbocycles. The van der Waals surface area contributed by atoms with Crippen LogP contribution in [0.3, 0.4) is 0 Å². The van der Waals surface area contributed by atoms with E-state index in [9.17, 15) is 68.5 Å². The first kappa shape index (κ1) is 89.6. The third-order valence-electron chi connectivity index (χ3n) is 18.6. The fraction of sp³-hybridized carbons (Fsp3) is 0.500. The molecule has 1 fully saturated rings. The molecule has 1 aliphatic heterocycles. The Morgan fingerprint density at radius 1 is 0.619 bits per heavy atom. The number of guanidine groups is 1. The number of nitrogens with two attached hydrogens (primary N) is 4. The number of H-pyrrole nitrogens is 2. The molecular weight excluding hydrogens is 1470 g/mol. The molecule has 3 heterocycles. The van der Waals surface area contributed by atoms with Crippen LogP contribution in [-0.4, -0.2) is 196 Å². The van der Waals surface area contributed by atoms with Crippen molar-refractivity contribution in [2.75, 3.05) is 13.1 Å². The fourth-order valence-corrected chi connectivity index (χ4v) is 12.2. The number of nitro groups is 2. The number of esters is 2. The van der Waals surface area contributed by atoms with Crippen molar-refractivity contribution in [1.82, 2.24) is 67.4 Å². The van der Waals surface area contributed by atoms with Crippen LogP contribution in [-0.2, 0) is 88.0 Å². The topological polar surface area (TPSA) is 603 Å². The van der Waals surface area contributed by atoms with E-state index in [4.69, 9.17) is 32.4 Å². The van der Waals surface area contributed by atoms with Crippen molar-refractivity contribution in [3.63, 3.8) is 0 Å². The van der Waals surface area contributed by atoms with Crippen LogP contribution in [0.25, 0.3) is 0 Å². The molecular formula is C74H102N20O19. The lowest BCUT2D eigenvalue weighted by Gasteiger charge is -2.32. The molecule has 1 unspecified atom stereocenters. The number of nitrogens with zero attached hydrogens (tertiary/aromatic N) is 6. The van der Waals surface area contributed by atoms with Gasteiger partial charge >= 0.3 is 23.6 Å². The molecule has 6 rings (SSSR count). The fourth-order valence-electron chi connectivity index (χ4n) is 12.2. The molecule has 0 spiro atoms. The minimum absolute atomic E-state index is 0.00401. The zero-order valence-electron chi connectivity index (χ0n) is 63.9. The number of unbranched alkanes of at least 4 members (excludes halogenated alkanes) is 1. The largest absolute Gasteiger partial charge is 0.481 e. The van der Waals surface area contributed by atoms with Crippen LogP contribution in [0, 0.1) is 38.0 Å². The van der Waals surface area contributed by atoms with E-state index in [-0.39, 0.29) is 107 Å². The Bertz CT molecular complexity index is 4120. The lowest BCUT2D eigenvalue weighted by Crippen LogP contribution is -2.62. The minimum atomic E-state index is -1.64. The molecule has 612 valence electrons. The molecule has 5 aromatic rings. The number of rotatable bonds is 45. The molecule has 113 heavy (non-hydrogen) atoms. The van der Waals surface area contributed by atoms with Crippen LogP contribution in [0.4, 0.5) is 11.4 Å². The van der Waals surface area contributed by atoms with Crippen molar-refractivity contribution in [2.45, 2.75) is 205 Å². The van der Waals surface area contributed by atoms with Crippen LogP contribution in [0.5, 0.6) is 11.5 Å². The van der Waals surface area contributed by atoms with Crippen molar-refractivity contribution >= 4 is 88.4 Å². The molecule has 1 saturated heterocycles. The smallest absolute Gasteiger partial charge is 0.336 e. The first-order valence-corrected chi connectivity index (χ1v) is 37.1. The summed E-state index contributed by atoms with van der Waals surface area (Å²) >= 11 is 0. The van der Waals surface area contributed by atoms with Crippen LogP contribution in [0.1, 0.15) is 135 Å². The second-order valence-electron chi connectivity index (χ2n) is 28.3. The predicted molar refractivity (Wildman–Crippen MR) is 407 cm³/mol. The summed E-state index contributed by atoms with van der Waals surface area (Å²) in [5, 5.41) is 54.3. The molecule has 12 atom stereocenters. The van der Waals surface area contributed by atoms with Crippen molar-refractivity contribution in [3.05, 3.63) is 141 Å². The van der Waals surface area contributed by atoms with E-state index in [0.29, 0.717) is 28.9 Å². The van der Waals surface area contributed by atoms with Gasteiger partial charge in [-0.15, -0.1) is 0 Å². The number of carbonyl (C=O) groups excluding carboxylic acids is 11. The minimum Gasteiger partial charge on any atom is -0.481 e. The average Bonchev–Trinajstić information content (AvgIpc) is 1.78. The highest BCUT2D eigenvalue weighted by atomic mass is 16.6. The van der Waals surface area contributed by atoms with Gasteiger partial charge in [0.25, 0.3) is 5.69 Å². The van der Waals surface area contributed by atoms with Gasteiger partial charge in [-0.3, -0.25) is 73.2 Å². The number of carboxylic acids is 1. The molecule has 1 aliphatic rings. The van der Waals surface area contributed by atoms with E-state index in [1.807, 2.05) is 6.92 Å². The summed E-state index contributed by atoms with van der Waals surface area (Å²) < 4.78 is 10.9. The summed E-state index contributed by atoms with van der Waals surface area (Å²) in [4.78, 5) is 211. The SMILES string of the molecule is CCCCC(N)C(=O)OC(=O)[C@H](CC(C)C)NC(=O)[C@H](Cc1cnc[nH]1)NC(=O)[C@H](Cc1ccccc1)NC(=O)[C@@H]1CCCN1C(=O)[C@H](Cc1cnc[nH]1)NC(=O)[C@@H](NC(=O)[C@H](Cc1ccc(Oc2ccc([N+](=O)[O-])cc2[N+](=O)[O-])cc1)NC(=O)[C@@H](NC(=O)[C@H](CCCN=C(N)N)NC(=O)[C@@H](N)CC(=O)O)C(C)C)[C@@H](C)CC. The number of aromatic amines is 2. The van der Waals surface area contributed by atoms with E-state index < -0.39 is 177 Å². The lowest BCUT2D eigenvalue weighted by atomic mass is 9.96. The predicted octanol–water partition coefficient (Wildman–Crippen LogP) is 1.07. The number of carbonyl (C=O) groups is 12. The Hall–Kier alpha value is -12.3. The number of benzene rings is 3. The number of carboxylic acid groups (broad SMARTS) is 1. The average molecular weight is 1580 g/mol. The van der Waals surface area contributed by atoms with Crippen LogP contribution in [0.15, 0.2) is 103 Å². The molecule has 19 N–H and O–H groups in total. The summed E-state index contributed by atoms with van der Waals surface area (Å²) in [7, 11) is 0. The number of aliphatic carboxylic acids is 1. The second kappa shape index (κ2) is 43.9. The van der Waals surface area contributed by atoms with Gasteiger partial charge in [-0.1, -0.05) is 110 Å². The number of nitrogens with one attached hydrogen (secondary N) is 10. The van der Waals surface area contributed by atoms with Crippen molar-refractivity contribution in [2.24, 2.45) is 45.7 Å². The van der Waals surface area contributed by atoms with Gasteiger partial charge in [-0.2, -0.15) is 0 Å². The molecule has 0 saturated carbocycles. The Balaban J connectivity index is 1.29. The Kier molecular flexibility index (Phi) is 34.8. The normalized spacial score (nSPS) is 15.5. The van der Waals surface area contributed by atoms with E-state index in [1.165, 1.54) is 54.2 Å². The van der Waals surface area contributed by atoms with Crippen molar-refractivity contribution < 1.29 is 82.0 Å². The van der Waals surface area contributed by atoms with Gasteiger partial charge in [-0.25, -0.2) is 19.6 Å². The van der Waals surface area contributed by atoms with Gasteiger partial charge in [0, 0.05) is 68.6 Å². The highest BCUT2D eigenvalue weighted by Gasteiger charge is 2.42. The standard InChI is InChI=1S/C74H102N20O19/c1-8-10-18-49(75)72(106)113-73(107)56(29-40(3)4)89-66(100)54(32-45-36-79-38-82-45)85-65(99)52(30-43-16-12-11-13-17-43)86-68(102)57-20-15-28-92(57)71(105)55(33-46-37-80-39-83-46)88-70(104)62(42(7)9-2)91-67(101)53(31-44-21-24-48(25-22-44)112-59-26-23-47(93(108)109)34-58(59)94(110)111)87-69(103)61(41(5)6)90-64(98)51(19-14-27-81-74(77)78)84-63(97)50(76)35-60(95)96/h11-13,16-17,21-26,34,36-42,49-57,61-62H,8-10,14-15,18-20,27-33,35,75-76H2,1-7H3,(H,79,82)(H,80,83)(H,84,97)(H,85,99)(H,86,102)(H,87,103)(H,88,104)(H,89,100)(H,90,98)(H,91,101)(H,95,96)(H4,77,78,81)/t42-,49?,50-,51-,52-,53-,54-,55-,56-,57-,61-,62-/m0/s1. The third-order valence-corrected chi connectivity index (χ3v) is 18.6. The maximum atomic E-state index is 15.3. The molecule has 39 heteroatoms. The number of ether oxygens (including phenoxy) is 2. The van der Waals surface area contributed by atoms with Gasteiger partial charge in [0.2, 0.25) is 58.9 Å². The van der Waals surface area contributed by atoms with Crippen LogP contribution >= 0.6 is 0 Å². The maximum Gasteiger partial charge on any atom is 0.336 e. The molecule has 0 aliphatic carbocycles. The first-order valence-electron chi connectivity index (χ1n) is 37.1. The molecule has 2 aromatic heterocycles. The number of aliphatic imine (C=N–C) groups is 1. The lowest BCUT2D eigenvalue weighted by molar-refractivity contribution is -0.394. The Morgan fingerprint density at radius 2 is 1.17 bits per heavy atom. The third kappa shape index (κ3) is 28.2. The van der Waals surface area contributed by atoms with Gasteiger partial charge in [0.1, 0.15) is 66.2 Å². The monoisotopic (exact) mass is 1570 g/mol. The van der Waals surface area contributed by atoms with Crippen LogP contribution < -0.4 is 70.2 Å². The zero-order valence-corrected chi connectivity index (χ0v) is 63.9. The number of hydrogen-bond acceptors (Lipinski definition) is 23. The summed E-state index contributed by atoms with van der Waals surface area (Å²) in [6, 6.07) is 1.19. The Morgan fingerprint density at radius 3 is 1.73 bits per heavy atom. The number of nitro benzene ring substituents is 2. The van der Waals surface area contributed by atoms with E-state index in [0.717, 1.165) is 24.6 Å². The van der Waals surface area contributed by atoms with Gasteiger partial charge in [0.05, 0.1) is 41.0 Å². The summed E-state index contributed by atoms with van der Waals surface area (Å²) in [6.07, 6.45) is 5.88. The first-order chi connectivity index (χ1) is 53.7. The van der Waals surface area contributed by atoms with E-state index in [2.05, 4.69) is 67.5 Å². The number of hydrogen-bond donors (Lipinski definition) is 15. The van der Waals surface area contributed by atoms with E-state index in [1.54, 1.807) is 71.9 Å². The van der Waals surface area contributed by atoms with Crippen molar-refractivity contribution in [1.29, 1.82) is 0 Å². The maximum absolute atomic E-state index is 15.3. The summed E-state index contributed by atoms with van der Waals surface area (Å²) in [6.45, 7) is 11.9. The molecule has 9 amide bonds. The number of likely N-dealkylation sites (tertiary alicyclic amines) is 1.